The number of hydrogen-bond acceptors (Lipinski definition) is 5. The zero-order valence-electron chi connectivity index (χ0n) is 16.8. The Morgan fingerprint density at radius 1 is 1.32 bits per heavy atom. The van der Waals surface area contributed by atoms with Crippen LogP contribution in [0.1, 0.15) is 26.7 Å². The van der Waals surface area contributed by atoms with E-state index >= 15 is 0 Å². The number of amides is 1. The van der Waals surface area contributed by atoms with Crippen molar-refractivity contribution in [3.8, 4) is 5.75 Å². The van der Waals surface area contributed by atoms with Gasteiger partial charge in [0.15, 0.2) is 16.4 Å². The van der Waals surface area contributed by atoms with Gasteiger partial charge in [-0.25, -0.2) is 8.42 Å². The van der Waals surface area contributed by atoms with Gasteiger partial charge in [0, 0.05) is 12.1 Å². The largest absolute Gasteiger partial charge is 0.506 e. The Balaban J connectivity index is 1.59. The molecule has 156 valence electrons. The second-order valence-corrected chi connectivity index (χ2v) is 10.2. The molecule has 7 nitrogen and oxygen atoms in total. The number of nitrogens with zero attached hydrogens (tertiary/aromatic N) is 2. The van der Waals surface area contributed by atoms with E-state index in [1.807, 2.05) is 36.9 Å². The normalized spacial score (nSPS) is 23.5. The van der Waals surface area contributed by atoms with E-state index in [1.165, 1.54) is 4.90 Å². The maximum absolute atomic E-state index is 13.1. The number of phenols is 1. The fraction of sp³-hybridized carbons (Fsp3) is 0.650. The van der Waals surface area contributed by atoms with E-state index < -0.39 is 9.84 Å². The highest BCUT2D eigenvalue weighted by atomic mass is 32.2. The second kappa shape index (κ2) is 8.69. The SMILES string of the molecule is CC[C@@H](C)N(C(=O)C[NH+]1CCN(c2ccccc2O)CC1)[C@@H]1CCS(=O)(=O)C1. The summed E-state index contributed by atoms with van der Waals surface area (Å²) in [6.45, 7) is 7.63. The molecular weight excluding hydrogens is 378 g/mol. The van der Waals surface area contributed by atoms with Gasteiger partial charge in [-0.3, -0.25) is 4.79 Å². The molecule has 2 heterocycles. The van der Waals surface area contributed by atoms with Crippen LogP contribution < -0.4 is 9.80 Å². The Hall–Kier alpha value is -1.80. The third kappa shape index (κ3) is 4.78. The molecule has 1 aromatic carbocycles. The van der Waals surface area contributed by atoms with Gasteiger partial charge in [0.25, 0.3) is 5.91 Å². The highest BCUT2D eigenvalue weighted by molar-refractivity contribution is 7.91. The van der Waals surface area contributed by atoms with Crippen LogP contribution in [0, 0.1) is 0 Å². The molecule has 28 heavy (non-hydrogen) atoms. The predicted molar refractivity (Wildman–Crippen MR) is 110 cm³/mol. The molecular formula is C20H32N3O4S+. The zero-order valence-corrected chi connectivity index (χ0v) is 17.6. The van der Waals surface area contributed by atoms with Gasteiger partial charge in [0.2, 0.25) is 0 Å². The lowest BCUT2D eigenvalue weighted by atomic mass is 10.1. The van der Waals surface area contributed by atoms with Gasteiger partial charge < -0.3 is 19.8 Å². The number of aromatic hydroxyl groups is 1. The minimum atomic E-state index is -3.02. The molecule has 0 unspecified atom stereocenters. The molecule has 2 aliphatic heterocycles. The molecule has 1 aromatic rings. The van der Waals surface area contributed by atoms with Gasteiger partial charge in [0.05, 0.1) is 43.4 Å². The van der Waals surface area contributed by atoms with E-state index in [0.29, 0.717) is 13.0 Å². The standard InChI is InChI=1S/C20H31N3O4S/c1-3-16(2)23(17-8-13-28(26,27)15-17)20(25)14-21-9-11-22(12-10-21)18-6-4-5-7-19(18)24/h4-7,16-17,24H,3,8-15H2,1-2H3/p+1/t16-,17-/m1/s1. The lowest BCUT2D eigenvalue weighted by Gasteiger charge is -2.37. The van der Waals surface area contributed by atoms with Gasteiger partial charge in [0.1, 0.15) is 5.75 Å². The molecule has 0 spiro atoms. The topological polar surface area (TPSA) is 82.4 Å². The Morgan fingerprint density at radius 3 is 2.57 bits per heavy atom. The fourth-order valence-corrected chi connectivity index (χ4v) is 5.99. The molecule has 2 aliphatic rings. The molecule has 3 rings (SSSR count). The van der Waals surface area contributed by atoms with Gasteiger partial charge in [-0.2, -0.15) is 0 Å². The third-order valence-corrected chi connectivity index (χ3v) is 7.80. The van der Waals surface area contributed by atoms with E-state index in [9.17, 15) is 18.3 Å². The number of anilines is 1. The number of carbonyl (C=O) groups excluding carboxylic acids is 1. The van der Waals surface area contributed by atoms with Crippen molar-refractivity contribution < 1.29 is 23.2 Å². The summed E-state index contributed by atoms with van der Waals surface area (Å²) < 4.78 is 23.8. The predicted octanol–water partition coefficient (Wildman–Crippen LogP) is -0.0887. The molecule has 2 N–H and O–H groups in total. The lowest BCUT2D eigenvalue weighted by molar-refractivity contribution is -0.892. The molecule has 0 aliphatic carbocycles. The van der Waals surface area contributed by atoms with Gasteiger partial charge in [-0.1, -0.05) is 19.1 Å². The Bertz CT molecular complexity index is 790. The van der Waals surface area contributed by atoms with Crippen LogP contribution in [-0.2, 0) is 14.6 Å². The van der Waals surface area contributed by atoms with Crippen molar-refractivity contribution in [2.45, 2.75) is 38.8 Å². The number of sulfone groups is 1. The van der Waals surface area contributed by atoms with Crippen LogP contribution in [0.4, 0.5) is 5.69 Å². The van der Waals surface area contributed by atoms with Gasteiger partial charge in [-0.15, -0.1) is 0 Å². The summed E-state index contributed by atoms with van der Waals surface area (Å²) in [6, 6.07) is 7.19. The number of para-hydroxylation sites is 2. The van der Waals surface area contributed by atoms with E-state index in [0.717, 1.165) is 38.3 Å². The number of piperazine rings is 1. The third-order valence-electron chi connectivity index (χ3n) is 6.05. The summed E-state index contributed by atoms with van der Waals surface area (Å²) in [7, 11) is -3.02. The van der Waals surface area contributed by atoms with Crippen LogP contribution in [0.5, 0.6) is 5.75 Å². The molecule has 2 fully saturated rings. The van der Waals surface area contributed by atoms with Crippen LogP contribution in [0.2, 0.25) is 0 Å². The van der Waals surface area contributed by atoms with E-state index in [2.05, 4.69) is 4.90 Å². The van der Waals surface area contributed by atoms with Crippen LogP contribution in [-0.4, -0.2) is 80.6 Å². The van der Waals surface area contributed by atoms with Crippen molar-refractivity contribution in [2.24, 2.45) is 0 Å². The summed E-state index contributed by atoms with van der Waals surface area (Å²) in [5.74, 6) is 0.624. The Kier molecular flexibility index (Phi) is 6.50. The number of phenolic OH excluding ortho intramolecular Hbond substituents is 1. The molecule has 0 saturated carbocycles. The number of benzene rings is 1. The smallest absolute Gasteiger partial charge is 0.278 e. The first kappa shape index (κ1) is 20.9. The van der Waals surface area contributed by atoms with Crippen molar-refractivity contribution in [3.63, 3.8) is 0 Å². The van der Waals surface area contributed by atoms with E-state index in [4.69, 9.17) is 0 Å². The first-order chi connectivity index (χ1) is 13.3. The fourth-order valence-electron chi connectivity index (χ4n) is 4.28. The van der Waals surface area contributed by atoms with Crippen molar-refractivity contribution in [1.29, 1.82) is 0 Å². The van der Waals surface area contributed by atoms with E-state index in [1.54, 1.807) is 6.07 Å². The lowest BCUT2D eigenvalue weighted by Crippen LogP contribution is -3.16. The molecule has 2 saturated heterocycles. The monoisotopic (exact) mass is 410 g/mol. The summed E-state index contributed by atoms with van der Waals surface area (Å²) >= 11 is 0. The van der Waals surface area contributed by atoms with Crippen molar-refractivity contribution >= 4 is 21.4 Å². The average Bonchev–Trinajstić information content (AvgIpc) is 3.02. The average molecular weight is 411 g/mol. The van der Waals surface area contributed by atoms with Gasteiger partial charge >= 0.3 is 0 Å². The molecule has 2 atom stereocenters. The maximum atomic E-state index is 13.1. The number of hydrogen-bond donors (Lipinski definition) is 2. The quantitative estimate of drug-likeness (QED) is 0.685. The van der Waals surface area contributed by atoms with Crippen LogP contribution in [0.15, 0.2) is 24.3 Å². The number of rotatable bonds is 6. The minimum Gasteiger partial charge on any atom is -0.506 e. The minimum absolute atomic E-state index is 0.0488. The van der Waals surface area contributed by atoms with Crippen LogP contribution in [0.3, 0.4) is 0 Å². The molecule has 8 heteroatoms. The van der Waals surface area contributed by atoms with Crippen molar-refractivity contribution in [3.05, 3.63) is 24.3 Å². The van der Waals surface area contributed by atoms with Crippen molar-refractivity contribution in [2.75, 3.05) is 49.1 Å². The summed E-state index contributed by atoms with van der Waals surface area (Å²) in [5, 5.41) is 10.0. The first-order valence-electron chi connectivity index (χ1n) is 10.2. The molecule has 1 amide bonds. The number of quaternary nitrogens is 1. The molecule has 0 bridgehead atoms. The molecule has 0 radical (unpaired) electrons. The second-order valence-electron chi connectivity index (χ2n) is 8.02. The maximum Gasteiger partial charge on any atom is 0.278 e. The van der Waals surface area contributed by atoms with Crippen molar-refractivity contribution in [1.82, 2.24) is 4.90 Å². The summed E-state index contributed by atoms with van der Waals surface area (Å²) in [6.07, 6.45) is 1.37. The zero-order chi connectivity index (χ0) is 20.3. The van der Waals surface area contributed by atoms with Crippen LogP contribution >= 0.6 is 0 Å². The van der Waals surface area contributed by atoms with Gasteiger partial charge in [-0.05, 0) is 31.9 Å². The Labute approximate surface area is 167 Å². The number of nitrogens with one attached hydrogen (secondary N) is 1. The number of carbonyl (C=O) groups is 1. The highest BCUT2D eigenvalue weighted by Crippen LogP contribution is 2.26. The summed E-state index contributed by atoms with van der Waals surface area (Å²) in [5.41, 5.74) is 0.838. The van der Waals surface area contributed by atoms with E-state index in [-0.39, 0.29) is 35.2 Å². The van der Waals surface area contributed by atoms with Crippen LogP contribution in [0.25, 0.3) is 0 Å². The summed E-state index contributed by atoms with van der Waals surface area (Å²) in [4.78, 5) is 18.3. The highest BCUT2D eigenvalue weighted by Gasteiger charge is 2.38. The first-order valence-corrected chi connectivity index (χ1v) is 12.0. The molecule has 0 aromatic heterocycles. The Morgan fingerprint density at radius 2 is 2.00 bits per heavy atom.